The molecular formula is C15H26N4O2. The number of hydrogen-bond donors (Lipinski definition) is 1. The third kappa shape index (κ3) is 5.36. The van der Waals surface area contributed by atoms with Crippen molar-refractivity contribution in [2.75, 3.05) is 18.5 Å². The van der Waals surface area contributed by atoms with Crippen molar-refractivity contribution in [3.05, 3.63) is 0 Å². The largest absolute Gasteiger partial charge is 0.463 e. The maximum absolute atomic E-state index is 5.67. The molecule has 0 unspecified atom stereocenters. The van der Waals surface area contributed by atoms with Crippen LogP contribution >= 0.6 is 0 Å². The van der Waals surface area contributed by atoms with Crippen LogP contribution in [0.15, 0.2) is 0 Å². The average molecular weight is 294 g/mol. The fourth-order valence-corrected chi connectivity index (χ4v) is 2.08. The lowest BCUT2D eigenvalue weighted by Crippen LogP contribution is -2.16. The molecule has 118 valence electrons. The summed E-state index contributed by atoms with van der Waals surface area (Å²) in [7, 11) is 0. The van der Waals surface area contributed by atoms with Gasteiger partial charge in [-0.25, -0.2) is 0 Å². The van der Waals surface area contributed by atoms with Gasteiger partial charge >= 0.3 is 12.0 Å². The summed E-state index contributed by atoms with van der Waals surface area (Å²) in [5, 5.41) is 3.15. The predicted molar refractivity (Wildman–Crippen MR) is 81.8 cm³/mol. The first-order chi connectivity index (χ1) is 10.2. The zero-order valence-corrected chi connectivity index (χ0v) is 13.3. The highest BCUT2D eigenvalue weighted by molar-refractivity contribution is 5.27. The Morgan fingerprint density at radius 2 is 1.95 bits per heavy atom. The normalized spacial score (nSPS) is 14.9. The van der Waals surface area contributed by atoms with Gasteiger partial charge in [-0.1, -0.05) is 26.2 Å². The molecule has 0 aromatic carbocycles. The molecule has 0 spiro atoms. The van der Waals surface area contributed by atoms with Gasteiger partial charge in [0.15, 0.2) is 0 Å². The third-order valence-electron chi connectivity index (χ3n) is 3.45. The Morgan fingerprint density at radius 3 is 2.57 bits per heavy atom. The molecule has 1 aliphatic rings. The van der Waals surface area contributed by atoms with Gasteiger partial charge in [0.1, 0.15) is 0 Å². The maximum atomic E-state index is 5.67. The quantitative estimate of drug-likeness (QED) is 0.755. The van der Waals surface area contributed by atoms with Gasteiger partial charge in [0.25, 0.3) is 0 Å². The van der Waals surface area contributed by atoms with Gasteiger partial charge in [-0.3, -0.25) is 0 Å². The molecule has 6 heteroatoms. The van der Waals surface area contributed by atoms with Crippen LogP contribution in [0.1, 0.15) is 52.9 Å². The van der Waals surface area contributed by atoms with Crippen molar-refractivity contribution in [1.82, 2.24) is 15.0 Å². The van der Waals surface area contributed by atoms with Gasteiger partial charge in [0.05, 0.1) is 12.7 Å². The van der Waals surface area contributed by atoms with Crippen LogP contribution in [0, 0.1) is 5.92 Å². The Bertz CT molecular complexity index is 436. The number of ether oxygens (including phenoxy) is 2. The molecule has 0 atom stereocenters. The van der Waals surface area contributed by atoms with Crippen LogP contribution in [0.5, 0.6) is 12.0 Å². The Kier molecular flexibility index (Phi) is 6.02. The van der Waals surface area contributed by atoms with E-state index in [1.807, 2.05) is 13.8 Å². The van der Waals surface area contributed by atoms with Gasteiger partial charge in [-0.2, -0.15) is 9.97 Å². The lowest BCUT2D eigenvalue weighted by Gasteiger charge is -2.24. The molecule has 21 heavy (non-hydrogen) atoms. The minimum atomic E-state index is 0.0225. The first kappa shape index (κ1) is 15.8. The van der Waals surface area contributed by atoms with Crippen molar-refractivity contribution in [3.8, 4) is 12.0 Å². The molecule has 2 rings (SSSR count). The van der Waals surface area contributed by atoms with E-state index in [1.165, 1.54) is 19.3 Å². The molecule has 1 heterocycles. The summed E-state index contributed by atoms with van der Waals surface area (Å²) >= 11 is 0. The first-order valence-corrected chi connectivity index (χ1v) is 7.96. The maximum Gasteiger partial charge on any atom is 0.324 e. The fourth-order valence-electron chi connectivity index (χ4n) is 2.08. The topological polar surface area (TPSA) is 69.2 Å². The van der Waals surface area contributed by atoms with E-state index in [1.54, 1.807) is 0 Å². The molecule has 1 N–H and O–H groups in total. The lowest BCUT2D eigenvalue weighted by molar-refractivity contribution is 0.197. The molecular weight excluding hydrogens is 268 g/mol. The highest BCUT2D eigenvalue weighted by Gasteiger charge is 2.17. The summed E-state index contributed by atoms with van der Waals surface area (Å²) in [6, 6.07) is 0.663. The second kappa shape index (κ2) is 8.00. The van der Waals surface area contributed by atoms with E-state index in [2.05, 4.69) is 27.2 Å². The Labute approximate surface area is 126 Å². The van der Waals surface area contributed by atoms with Crippen LogP contribution in [-0.4, -0.2) is 34.2 Å². The average Bonchev–Trinajstić information content (AvgIpc) is 2.38. The van der Waals surface area contributed by atoms with Crippen LogP contribution in [-0.2, 0) is 0 Å². The van der Waals surface area contributed by atoms with Crippen molar-refractivity contribution < 1.29 is 9.47 Å². The summed E-state index contributed by atoms with van der Waals surface area (Å²) < 4.78 is 11.2. The molecule has 1 aromatic heterocycles. The highest BCUT2D eigenvalue weighted by Crippen LogP contribution is 2.29. The number of anilines is 1. The van der Waals surface area contributed by atoms with E-state index in [4.69, 9.17) is 9.47 Å². The molecule has 0 radical (unpaired) electrons. The predicted octanol–water partition coefficient (Wildman–Crippen LogP) is 3.05. The Morgan fingerprint density at radius 1 is 1.19 bits per heavy atom. The fraction of sp³-hybridized carbons (Fsp3) is 0.800. The van der Waals surface area contributed by atoms with Crippen LogP contribution in [0.2, 0.25) is 0 Å². The SMILES string of the molecule is CCCNc1nc(OCCC2CCC2)nc(OC(C)C)n1. The van der Waals surface area contributed by atoms with Crippen molar-refractivity contribution >= 4 is 5.95 Å². The molecule has 0 saturated heterocycles. The van der Waals surface area contributed by atoms with E-state index < -0.39 is 0 Å². The second-order valence-corrected chi connectivity index (χ2v) is 5.75. The van der Waals surface area contributed by atoms with E-state index in [0.717, 1.165) is 25.3 Å². The van der Waals surface area contributed by atoms with Gasteiger partial charge in [-0.15, -0.1) is 4.98 Å². The summed E-state index contributed by atoms with van der Waals surface area (Å²) in [4.78, 5) is 12.7. The van der Waals surface area contributed by atoms with Crippen molar-refractivity contribution in [2.45, 2.75) is 59.0 Å². The number of nitrogens with one attached hydrogen (secondary N) is 1. The summed E-state index contributed by atoms with van der Waals surface area (Å²) in [6.45, 7) is 7.45. The van der Waals surface area contributed by atoms with Crippen molar-refractivity contribution in [3.63, 3.8) is 0 Å². The number of nitrogens with zero attached hydrogens (tertiary/aromatic N) is 3. The Balaban J connectivity index is 1.95. The van der Waals surface area contributed by atoms with Crippen LogP contribution < -0.4 is 14.8 Å². The summed E-state index contributed by atoms with van der Waals surface area (Å²) in [5.74, 6) is 1.33. The van der Waals surface area contributed by atoms with E-state index >= 15 is 0 Å². The molecule has 1 fully saturated rings. The molecule has 6 nitrogen and oxygen atoms in total. The summed E-state index contributed by atoms with van der Waals surface area (Å²) in [5.41, 5.74) is 0. The van der Waals surface area contributed by atoms with Gasteiger partial charge in [-0.05, 0) is 32.6 Å². The minimum Gasteiger partial charge on any atom is -0.463 e. The van der Waals surface area contributed by atoms with Gasteiger partial charge in [0.2, 0.25) is 5.95 Å². The summed E-state index contributed by atoms with van der Waals surface area (Å²) in [6.07, 6.45) is 6.10. The van der Waals surface area contributed by atoms with Crippen molar-refractivity contribution in [2.24, 2.45) is 5.92 Å². The van der Waals surface area contributed by atoms with E-state index in [-0.39, 0.29) is 6.10 Å². The highest BCUT2D eigenvalue weighted by atomic mass is 16.5. The number of aromatic nitrogens is 3. The van der Waals surface area contributed by atoms with Crippen LogP contribution in [0.3, 0.4) is 0 Å². The monoisotopic (exact) mass is 294 g/mol. The smallest absolute Gasteiger partial charge is 0.324 e. The van der Waals surface area contributed by atoms with E-state index in [9.17, 15) is 0 Å². The van der Waals surface area contributed by atoms with Crippen LogP contribution in [0.4, 0.5) is 5.95 Å². The molecule has 1 aliphatic carbocycles. The Hall–Kier alpha value is -1.59. The third-order valence-corrected chi connectivity index (χ3v) is 3.45. The first-order valence-electron chi connectivity index (χ1n) is 7.96. The lowest BCUT2D eigenvalue weighted by atomic mass is 9.83. The number of hydrogen-bond acceptors (Lipinski definition) is 6. The molecule has 1 aromatic rings. The zero-order valence-electron chi connectivity index (χ0n) is 13.3. The minimum absolute atomic E-state index is 0.0225. The molecule has 0 amide bonds. The number of rotatable bonds is 9. The molecule has 0 aliphatic heterocycles. The molecule has 1 saturated carbocycles. The van der Waals surface area contributed by atoms with Gasteiger partial charge < -0.3 is 14.8 Å². The van der Waals surface area contributed by atoms with Gasteiger partial charge in [0, 0.05) is 6.54 Å². The van der Waals surface area contributed by atoms with Crippen molar-refractivity contribution in [1.29, 1.82) is 0 Å². The second-order valence-electron chi connectivity index (χ2n) is 5.75. The van der Waals surface area contributed by atoms with E-state index in [0.29, 0.717) is 24.6 Å². The molecule has 0 bridgehead atoms. The zero-order chi connectivity index (χ0) is 15.1. The standard InChI is InChI=1S/C15H26N4O2/c1-4-9-16-13-17-14(19-15(18-13)21-11(2)3)20-10-8-12-6-5-7-12/h11-12H,4-10H2,1-3H3,(H,16,17,18,19). The van der Waals surface area contributed by atoms with Crippen LogP contribution in [0.25, 0.3) is 0 Å².